The van der Waals surface area contributed by atoms with E-state index in [4.69, 9.17) is 0 Å². The van der Waals surface area contributed by atoms with E-state index in [-0.39, 0.29) is 17.5 Å². The summed E-state index contributed by atoms with van der Waals surface area (Å²) in [7, 11) is -7.39. The molecule has 1 amide bonds. The van der Waals surface area contributed by atoms with Crippen molar-refractivity contribution >= 4 is 69.8 Å². The third kappa shape index (κ3) is 13.0. The lowest BCUT2D eigenvalue weighted by Crippen LogP contribution is -2.48. The molecule has 0 fully saturated rings. The Labute approximate surface area is 385 Å². The minimum absolute atomic E-state index is 0.220. The second kappa shape index (κ2) is 26.0. The Kier molecular flexibility index (Phi) is 20.9. The molecule has 2 unspecified atom stereocenters. The van der Waals surface area contributed by atoms with Gasteiger partial charge in [0.15, 0.2) is 0 Å². The van der Waals surface area contributed by atoms with E-state index in [0.29, 0.717) is 16.2 Å². The Morgan fingerprint density at radius 3 is 1.03 bits per heavy atom. The Hall–Kier alpha value is -3.28. The van der Waals surface area contributed by atoms with Gasteiger partial charge in [-0.05, 0) is 36.4 Å². The van der Waals surface area contributed by atoms with E-state index in [1.54, 1.807) is 12.1 Å². The zero-order valence-corrected chi connectivity index (χ0v) is 43.1. The second-order valence-electron chi connectivity index (χ2n) is 17.8. The van der Waals surface area contributed by atoms with Crippen LogP contribution in [-0.2, 0) is 0 Å². The number of unbranched alkanes of at least 4 members (excludes halogenated alkanes) is 6. The summed E-state index contributed by atoms with van der Waals surface area (Å²) in [6.07, 6.45) is 14.5. The highest BCUT2D eigenvalue weighted by Crippen LogP contribution is 2.56. The maximum absolute atomic E-state index is 16.7. The maximum atomic E-state index is 16.7. The smallest absolute Gasteiger partial charge is 0.261 e. The fourth-order valence-corrected chi connectivity index (χ4v) is 26.5. The lowest BCUT2D eigenvalue weighted by Gasteiger charge is -2.40. The first-order chi connectivity index (χ1) is 30.7. The highest BCUT2D eigenvalue weighted by atomic mass is 31.2. The van der Waals surface area contributed by atoms with Gasteiger partial charge in [-0.2, -0.15) is 0 Å². The molecule has 0 aliphatic carbocycles. The summed E-state index contributed by atoms with van der Waals surface area (Å²) in [5.74, 6) is -0.926. The first kappa shape index (κ1) is 50.7. The van der Waals surface area contributed by atoms with E-state index in [1.165, 1.54) is 136 Å². The highest BCUT2D eigenvalue weighted by Gasteiger charge is 2.40. The summed E-state index contributed by atoms with van der Waals surface area (Å²) in [4.78, 5) is 15.6. The van der Waals surface area contributed by atoms with E-state index < -0.39 is 32.3 Å². The van der Waals surface area contributed by atoms with Crippen molar-refractivity contribution in [1.82, 2.24) is 4.44 Å². The van der Waals surface area contributed by atoms with Crippen LogP contribution < -0.4 is 31.6 Å². The van der Waals surface area contributed by atoms with Crippen LogP contribution in [0.1, 0.15) is 129 Å². The molecular weight excluding hydrogens is 847 g/mol. The van der Waals surface area contributed by atoms with E-state index >= 15 is 13.6 Å². The van der Waals surface area contributed by atoms with Crippen molar-refractivity contribution in [2.45, 2.75) is 155 Å². The fourth-order valence-electron chi connectivity index (χ4n) is 9.53. The summed E-state index contributed by atoms with van der Waals surface area (Å²) < 4.78 is 35.3. The van der Waals surface area contributed by atoms with Crippen LogP contribution in [0.25, 0.3) is 0 Å². The number of amides is 1. The van der Waals surface area contributed by atoms with Gasteiger partial charge in [0.2, 0.25) is 0 Å². The van der Waals surface area contributed by atoms with Gasteiger partial charge in [0.1, 0.15) is 11.6 Å². The summed E-state index contributed by atoms with van der Waals surface area (Å²) in [5, 5.41) is 5.69. The number of carbonyl (C=O) groups is 1. The van der Waals surface area contributed by atoms with Gasteiger partial charge in [0.25, 0.3) is 5.91 Å². The van der Waals surface area contributed by atoms with E-state index in [2.05, 4.69) is 90.1 Å². The molecule has 0 aliphatic heterocycles. The topological polar surface area (TPSA) is 20.3 Å². The van der Waals surface area contributed by atoms with Crippen LogP contribution in [-0.4, -0.2) is 26.5 Å². The zero-order chi connectivity index (χ0) is 45.1. The van der Waals surface area contributed by atoms with Gasteiger partial charge < -0.3 is 0 Å². The van der Waals surface area contributed by atoms with Crippen LogP contribution in [0.3, 0.4) is 0 Å². The molecule has 0 N–H and O–H groups in total. The number of carbonyl (C=O) groups excluding carboxylic acids is 1. The molecule has 0 saturated heterocycles. The van der Waals surface area contributed by atoms with E-state index in [9.17, 15) is 0 Å². The van der Waals surface area contributed by atoms with E-state index in [0.717, 1.165) is 10.6 Å². The number of rotatable bonds is 27. The van der Waals surface area contributed by atoms with Gasteiger partial charge in [-0.3, -0.25) is 9.24 Å². The predicted molar refractivity (Wildman–Crippen MR) is 280 cm³/mol. The Bertz CT molecular complexity index is 1930. The minimum atomic E-state index is -1.86. The molecule has 338 valence electrons. The van der Waals surface area contributed by atoms with Crippen molar-refractivity contribution in [3.63, 3.8) is 0 Å². The normalized spacial score (nSPS) is 12.9. The molecule has 63 heavy (non-hydrogen) atoms. The van der Waals surface area contributed by atoms with Gasteiger partial charge >= 0.3 is 0 Å². The maximum Gasteiger partial charge on any atom is 0.261 e. The number of benzene rings is 5. The monoisotopic (exact) mass is 921 g/mol. The number of hydrogen-bond donors (Lipinski definition) is 0. The molecule has 8 heteroatoms. The van der Waals surface area contributed by atoms with Gasteiger partial charge in [-0.1, -0.05) is 256 Å². The molecule has 2 atom stereocenters. The Balaban J connectivity index is 1.79. The third-order valence-electron chi connectivity index (χ3n) is 13.2. The summed E-state index contributed by atoms with van der Waals surface area (Å²) in [6, 6.07) is 49.1. The van der Waals surface area contributed by atoms with Crippen molar-refractivity contribution in [1.29, 1.82) is 0 Å². The Morgan fingerprint density at radius 2 is 0.730 bits per heavy atom. The van der Waals surface area contributed by atoms with Crippen LogP contribution in [0.2, 0.25) is 36.3 Å². The summed E-state index contributed by atoms with van der Waals surface area (Å²) in [6.45, 7) is 13.8. The number of nitrogens with zero attached hydrogens (tertiary/aromatic N) is 1. The van der Waals surface area contributed by atoms with Crippen molar-refractivity contribution < 1.29 is 13.6 Å². The van der Waals surface area contributed by atoms with Crippen LogP contribution in [0.4, 0.5) is 8.78 Å². The van der Waals surface area contributed by atoms with Gasteiger partial charge in [-0.25, -0.2) is 8.78 Å². The fraction of sp³-hybridized carbons (Fsp3) is 0.436. The lowest BCUT2D eigenvalue weighted by atomic mass is 10.2. The van der Waals surface area contributed by atoms with Gasteiger partial charge in [0.05, 0.1) is 32.3 Å². The van der Waals surface area contributed by atoms with Gasteiger partial charge in [-0.15, -0.1) is 0 Å². The molecule has 0 radical (unpaired) electrons. The van der Waals surface area contributed by atoms with Gasteiger partial charge in [0, 0.05) is 26.8 Å². The number of hydrogen-bond acceptors (Lipinski definition) is 1. The largest absolute Gasteiger partial charge is 0.280 e. The van der Waals surface area contributed by atoms with Crippen LogP contribution in [0.5, 0.6) is 0 Å². The quantitative estimate of drug-likeness (QED) is 0.0380. The third-order valence-corrected chi connectivity index (χ3v) is 29.6. The SMILES string of the molecule is CCCC[Si](CCCC)(CCCC)c1ccc(P(c2ccccc2F)N(C(=O)c2ccccc2)P(c2ccc([Si](CCCC)(CCCC)CCCC)cc2)c2ccccc2F)cc1. The zero-order valence-electron chi connectivity index (χ0n) is 39.4. The molecule has 0 heterocycles. The summed E-state index contributed by atoms with van der Waals surface area (Å²) >= 11 is 0. The predicted octanol–water partition coefficient (Wildman–Crippen LogP) is 14.6. The molecule has 0 spiro atoms. The standard InChI is InChI=1S/C55H75F2NOP2Si2/c1-7-13-40-62(41-14-8-2,42-15-9-3)49-36-32-47(33-37-49)60(53-30-24-22-28-51(53)56)58(55(59)46-26-20-19-21-27-46)61(54-31-25-23-29-52(54)57)48-34-38-50(39-35-48)63(43-16-10-4,44-17-11-5)45-18-12-6/h19-39H,7-18,40-45H2,1-6H3. The van der Waals surface area contributed by atoms with Crippen molar-refractivity contribution in [3.8, 4) is 0 Å². The molecule has 0 saturated carbocycles. The van der Waals surface area contributed by atoms with Crippen molar-refractivity contribution in [3.05, 3.63) is 145 Å². The summed E-state index contributed by atoms with van der Waals surface area (Å²) in [5.41, 5.74) is 0.508. The number of halogens is 2. The minimum Gasteiger partial charge on any atom is -0.280 e. The molecule has 5 aromatic carbocycles. The van der Waals surface area contributed by atoms with Crippen LogP contribution in [0.15, 0.2) is 127 Å². The van der Waals surface area contributed by atoms with Crippen LogP contribution >= 0.6 is 16.1 Å². The molecule has 0 bridgehead atoms. The van der Waals surface area contributed by atoms with Crippen molar-refractivity contribution in [2.24, 2.45) is 0 Å². The molecular formula is C55H75F2NOP2Si2. The molecule has 5 aromatic rings. The average Bonchev–Trinajstić information content (AvgIpc) is 3.32. The molecule has 5 rings (SSSR count). The molecule has 0 aliphatic rings. The molecule has 2 nitrogen and oxygen atoms in total. The first-order valence-electron chi connectivity index (χ1n) is 24.4. The Morgan fingerprint density at radius 1 is 0.429 bits per heavy atom. The second-order valence-corrected chi connectivity index (χ2v) is 31.4. The first-order valence-corrected chi connectivity index (χ1v) is 32.3. The van der Waals surface area contributed by atoms with E-state index in [1.807, 2.05) is 59.0 Å². The average molecular weight is 922 g/mol. The lowest BCUT2D eigenvalue weighted by molar-refractivity contribution is 0.0928. The highest BCUT2D eigenvalue weighted by molar-refractivity contribution is 7.85. The van der Waals surface area contributed by atoms with Crippen LogP contribution in [0, 0.1) is 11.6 Å². The van der Waals surface area contributed by atoms with Crippen molar-refractivity contribution in [2.75, 3.05) is 0 Å². The molecule has 0 aromatic heterocycles.